The number of rotatable bonds is 3. The first-order valence-electron chi connectivity index (χ1n) is 6.47. The van der Waals surface area contributed by atoms with E-state index in [0.717, 1.165) is 0 Å². The van der Waals surface area contributed by atoms with E-state index in [-0.39, 0.29) is 18.5 Å². The first-order chi connectivity index (χ1) is 9.93. The summed E-state index contributed by atoms with van der Waals surface area (Å²) in [6, 6.07) is 1.13. The van der Waals surface area contributed by atoms with E-state index in [9.17, 15) is 23.1 Å². The fourth-order valence-electron chi connectivity index (χ4n) is 2.39. The first-order valence-corrected chi connectivity index (χ1v) is 6.47. The zero-order valence-corrected chi connectivity index (χ0v) is 11.3. The lowest BCUT2D eigenvalue weighted by molar-refractivity contribution is -0.142. The highest BCUT2D eigenvalue weighted by Crippen LogP contribution is 2.35. The highest BCUT2D eigenvalue weighted by molar-refractivity contribution is 5.81. The fourth-order valence-corrected chi connectivity index (χ4v) is 2.39. The molecule has 0 aromatic heterocycles. The van der Waals surface area contributed by atoms with Crippen LogP contribution in [0.25, 0.3) is 0 Å². The van der Waals surface area contributed by atoms with Gasteiger partial charge < -0.3 is 9.84 Å². The van der Waals surface area contributed by atoms with Crippen LogP contribution in [0.4, 0.5) is 13.2 Å². The second-order valence-electron chi connectivity index (χ2n) is 4.71. The fraction of sp³-hybridized carbons (Fsp3) is 0.429. The maximum atomic E-state index is 13.9. The molecule has 0 spiro atoms. The summed E-state index contributed by atoms with van der Waals surface area (Å²) in [6.07, 6.45) is 0.0345. The summed E-state index contributed by atoms with van der Waals surface area (Å²) in [5.41, 5.74) is -0.173. The van der Waals surface area contributed by atoms with Crippen molar-refractivity contribution in [2.24, 2.45) is 10.9 Å². The standard InChI is InChI=1S/C14H14F3NO3/c1-2-21-13-4-7(9(6-18-13)14(19)20)8-3-11(16)12(17)5-10(8)15/h3,5,7,9H,2,4,6H2,1H3,(H,19,20)/t7-,9+/m0/s1. The number of halogens is 3. The van der Waals surface area contributed by atoms with Crippen molar-refractivity contribution in [3.05, 3.63) is 35.1 Å². The minimum absolute atomic E-state index is 0.0345. The summed E-state index contributed by atoms with van der Waals surface area (Å²) in [5.74, 6) is -6.21. The van der Waals surface area contributed by atoms with Gasteiger partial charge in [-0.25, -0.2) is 13.2 Å². The van der Waals surface area contributed by atoms with Crippen LogP contribution in [0.3, 0.4) is 0 Å². The van der Waals surface area contributed by atoms with Gasteiger partial charge in [-0.1, -0.05) is 0 Å². The van der Waals surface area contributed by atoms with Crippen LogP contribution in [-0.4, -0.2) is 30.1 Å². The molecule has 1 N–H and O–H groups in total. The lowest BCUT2D eigenvalue weighted by Crippen LogP contribution is -2.32. The van der Waals surface area contributed by atoms with Gasteiger partial charge >= 0.3 is 5.97 Å². The van der Waals surface area contributed by atoms with E-state index in [1.165, 1.54) is 0 Å². The van der Waals surface area contributed by atoms with E-state index in [2.05, 4.69) is 4.99 Å². The Hall–Kier alpha value is -2.05. The monoisotopic (exact) mass is 301 g/mol. The lowest BCUT2D eigenvalue weighted by Gasteiger charge is -2.28. The van der Waals surface area contributed by atoms with Gasteiger partial charge in [-0.15, -0.1) is 0 Å². The molecule has 0 bridgehead atoms. The Balaban J connectivity index is 2.40. The Bertz CT molecular complexity index is 589. The summed E-state index contributed by atoms with van der Waals surface area (Å²) < 4.78 is 45.4. The number of aliphatic carboxylic acids is 1. The minimum Gasteiger partial charge on any atom is -0.481 e. The Kier molecular flexibility index (Phi) is 4.50. The molecule has 2 rings (SSSR count). The number of hydrogen-bond acceptors (Lipinski definition) is 3. The molecule has 4 nitrogen and oxygen atoms in total. The molecule has 1 aromatic carbocycles. The molecule has 0 radical (unpaired) electrons. The predicted molar refractivity (Wildman–Crippen MR) is 68.7 cm³/mol. The molecule has 0 aliphatic carbocycles. The van der Waals surface area contributed by atoms with Gasteiger partial charge in [-0.05, 0) is 18.6 Å². The number of hydrogen-bond donors (Lipinski definition) is 1. The summed E-state index contributed by atoms with van der Waals surface area (Å²) in [6.45, 7) is 1.98. The second kappa shape index (κ2) is 6.15. The molecule has 114 valence electrons. The van der Waals surface area contributed by atoms with Crippen molar-refractivity contribution < 1.29 is 27.8 Å². The number of nitrogens with zero attached hydrogens (tertiary/aromatic N) is 1. The van der Waals surface area contributed by atoms with E-state index in [4.69, 9.17) is 4.74 Å². The molecular weight excluding hydrogens is 287 g/mol. The van der Waals surface area contributed by atoms with Crippen molar-refractivity contribution in [1.29, 1.82) is 0 Å². The molecule has 0 unspecified atom stereocenters. The zero-order valence-electron chi connectivity index (χ0n) is 11.3. The van der Waals surface area contributed by atoms with E-state index >= 15 is 0 Å². The Morgan fingerprint density at radius 3 is 2.62 bits per heavy atom. The quantitative estimate of drug-likeness (QED) is 0.873. The van der Waals surface area contributed by atoms with E-state index in [0.29, 0.717) is 24.6 Å². The number of benzene rings is 1. The number of ether oxygens (including phenoxy) is 1. The maximum absolute atomic E-state index is 13.9. The van der Waals surface area contributed by atoms with Crippen LogP contribution in [0.1, 0.15) is 24.8 Å². The summed E-state index contributed by atoms with van der Waals surface area (Å²) >= 11 is 0. The molecule has 7 heteroatoms. The van der Waals surface area contributed by atoms with Gasteiger partial charge in [0.05, 0.1) is 19.1 Å². The van der Waals surface area contributed by atoms with E-state index in [1.807, 2.05) is 0 Å². The van der Waals surface area contributed by atoms with Crippen LogP contribution >= 0.6 is 0 Å². The van der Waals surface area contributed by atoms with Crippen LogP contribution in [0, 0.1) is 23.4 Å². The molecule has 1 aliphatic heterocycles. The van der Waals surface area contributed by atoms with Crippen molar-refractivity contribution in [3.63, 3.8) is 0 Å². The van der Waals surface area contributed by atoms with Crippen molar-refractivity contribution >= 4 is 11.9 Å². The molecule has 1 aliphatic rings. The number of carbonyl (C=O) groups is 1. The minimum atomic E-state index is -1.31. The van der Waals surface area contributed by atoms with Crippen LogP contribution < -0.4 is 0 Å². The molecule has 1 aromatic rings. The van der Waals surface area contributed by atoms with Gasteiger partial charge in [-0.2, -0.15) is 0 Å². The molecular formula is C14H14F3NO3. The van der Waals surface area contributed by atoms with Gasteiger partial charge in [0, 0.05) is 18.4 Å². The third-order valence-corrected chi connectivity index (χ3v) is 3.41. The van der Waals surface area contributed by atoms with E-state index < -0.39 is 35.3 Å². The third kappa shape index (κ3) is 3.17. The topological polar surface area (TPSA) is 58.9 Å². The first kappa shape index (κ1) is 15.3. The van der Waals surface area contributed by atoms with Crippen LogP contribution in [-0.2, 0) is 9.53 Å². The van der Waals surface area contributed by atoms with Crippen molar-refractivity contribution in [1.82, 2.24) is 0 Å². The normalized spacial score (nSPS) is 21.8. The molecule has 1 heterocycles. The average molecular weight is 301 g/mol. The van der Waals surface area contributed by atoms with E-state index in [1.54, 1.807) is 6.92 Å². The van der Waals surface area contributed by atoms with Crippen LogP contribution in [0.5, 0.6) is 0 Å². The molecule has 0 saturated carbocycles. The smallest absolute Gasteiger partial charge is 0.309 e. The Morgan fingerprint density at radius 2 is 2.00 bits per heavy atom. The van der Waals surface area contributed by atoms with Gasteiger partial charge in [-0.3, -0.25) is 9.79 Å². The number of aliphatic imine (C=N–C) groups is 1. The molecule has 0 fully saturated rings. The predicted octanol–water partition coefficient (Wildman–Crippen LogP) is 2.73. The zero-order chi connectivity index (χ0) is 15.6. The van der Waals surface area contributed by atoms with Gasteiger partial charge in [0.1, 0.15) is 5.82 Å². The number of carboxylic acids is 1. The van der Waals surface area contributed by atoms with Gasteiger partial charge in [0.15, 0.2) is 17.5 Å². The highest BCUT2D eigenvalue weighted by atomic mass is 19.2. The molecule has 21 heavy (non-hydrogen) atoms. The van der Waals surface area contributed by atoms with Crippen molar-refractivity contribution in [2.45, 2.75) is 19.3 Å². The summed E-state index contributed by atoms with van der Waals surface area (Å²) in [7, 11) is 0. The SMILES string of the molecule is CCOC1=NC[C@@H](C(=O)O)[C@H](c2cc(F)c(F)cc2F)C1. The third-order valence-electron chi connectivity index (χ3n) is 3.41. The average Bonchev–Trinajstić information content (AvgIpc) is 2.43. The van der Waals surface area contributed by atoms with Crippen LogP contribution in [0.15, 0.2) is 17.1 Å². The largest absolute Gasteiger partial charge is 0.481 e. The summed E-state index contributed by atoms with van der Waals surface area (Å²) in [4.78, 5) is 15.3. The summed E-state index contributed by atoms with van der Waals surface area (Å²) in [5, 5.41) is 9.20. The lowest BCUT2D eigenvalue weighted by atomic mass is 9.81. The molecule has 0 amide bonds. The van der Waals surface area contributed by atoms with Crippen molar-refractivity contribution in [2.75, 3.05) is 13.2 Å². The number of carboxylic acid groups (broad SMARTS) is 1. The second-order valence-corrected chi connectivity index (χ2v) is 4.71. The van der Waals surface area contributed by atoms with Gasteiger partial charge in [0.25, 0.3) is 0 Å². The van der Waals surface area contributed by atoms with Gasteiger partial charge in [0.2, 0.25) is 0 Å². The molecule has 2 atom stereocenters. The van der Waals surface area contributed by atoms with Crippen molar-refractivity contribution in [3.8, 4) is 0 Å². The molecule has 0 saturated heterocycles. The Labute approximate surface area is 119 Å². The maximum Gasteiger partial charge on any atom is 0.309 e. The highest BCUT2D eigenvalue weighted by Gasteiger charge is 2.36. The Morgan fingerprint density at radius 1 is 1.33 bits per heavy atom. The van der Waals surface area contributed by atoms with Crippen LogP contribution in [0.2, 0.25) is 0 Å².